The zero-order valence-electron chi connectivity index (χ0n) is 12.2. The van der Waals surface area contributed by atoms with Gasteiger partial charge in [0.1, 0.15) is 5.75 Å². The molecule has 0 spiro atoms. The van der Waals surface area contributed by atoms with Crippen molar-refractivity contribution in [2.75, 3.05) is 6.54 Å². The van der Waals surface area contributed by atoms with Crippen LogP contribution in [0.2, 0.25) is 0 Å². The van der Waals surface area contributed by atoms with Gasteiger partial charge in [0.25, 0.3) is 0 Å². The minimum Gasteiger partial charge on any atom is -0.508 e. The number of phenols is 1. The van der Waals surface area contributed by atoms with Crippen LogP contribution in [0.25, 0.3) is 10.9 Å². The van der Waals surface area contributed by atoms with Crippen LogP contribution in [0.5, 0.6) is 5.75 Å². The molecule has 4 heteroatoms. The number of benzene rings is 2. The third-order valence-electron chi connectivity index (χ3n) is 4.32. The summed E-state index contributed by atoms with van der Waals surface area (Å²) in [6.45, 7) is 0.979. The summed E-state index contributed by atoms with van der Waals surface area (Å²) < 4.78 is 0. The predicted octanol–water partition coefficient (Wildman–Crippen LogP) is 3.72. The minimum absolute atomic E-state index is 0. The molecule has 1 atom stereocenters. The topological polar surface area (TPSA) is 48.0 Å². The van der Waals surface area contributed by atoms with E-state index in [-0.39, 0.29) is 12.4 Å². The summed E-state index contributed by atoms with van der Waals surface area (Å²) in [6.07, 6.45) is 1.98. The van der Waals surface area contributed by atoms with Gasteiger partial charge in [-0.25, -0.2) is 0 Å². The van der Waals surface area contributed by atoms with Crippen LogP contribution >= 0.6 is 12.4 Å². The molecule has 3 N–H and O–H groups in total. The third kappa shape index (κ3) is 2.58. The van der Waals surface area contributed by atoms with E-state index in [0.717, 1.165) is 30.3 Å². The van der Waals surface area contributed by atoms with E-state index in [1.165, 1.54) is 16.8 Å². The molecule has 0 fully saturated rings. The number of hydrogen-bond acceptors (Lipinski definition) is 2. The first-order valence-corrected chi connectivity index (χ1v) is 7.42. The van der Waals surface area contributed by atoms with Crippen molar-refractivity contribution in [1.29, 1.82) is 0 Å². The number of aromatic nitrogens is 1. The molecule has 4 rings (SSSR count). The highest BCUT2D eigenvalue weighted by molar-refractivity contribution is 5.86. The summed E-state index contributed by atoms with van der Waals surface area (Å²) in [4.78, 5) is 3.54. The fourth-order valence-corrected chi connectivity index (χ4v) is 3.32. The van der Waals surface area contributed by atoms with E-state index in [1.54, 1.807) is 6.07 Å². The highest BCUT2D eigenvalue weighted by Gasteiger charge is 2.24. The number of halogens is 1. The fourth-order valence-electron chi connectivity index (χ4n) is 3.32. The lowest BCUT2D eigenvalue weighted by molar-refractivity contribution is 0.476. The number of phenolic OH excluding ortho intramolecular Hbond substituents is 1. The van der Waals surface area contributed by atoms with Gasteiger partial charge in [-0.2, -0.15) is 0 Å². The number of aromatic hydroxyl groups is 1. The second-order valence-electron chi connectivity index (χ2n) is 5.69. The molecule has 0 saturated carbocycles. The van der Waals surface area contributed by atoms with E-state index in [9.17, 15) is 5.11 Å². The predicted molar refractivity (Wildman–Crippen MR) is 91.8 cm³/mol. The SMILES string of the molecule is Cl.Oc1ccc2[nH]c3c(c2c1)CCNC3Cc1ccccc1. The van der Waals surface area contributed by atoms with E-state index in [1.807, 2.05) is 12.1 Å². The zero-order valence-corrected chi connectivity index (χ0v) is 13.0. The summed E-state index contributed by atoms with van der Waals surface area (Å²) in [6, 6.07) is 16.4. The average Bonchev–Trinajstić information content (AvgIpc) is 2.88. The van der Waals surface area contributed by atoms with Gasteiger partial charge < -0.3 is 15.4 Å². The molecule has 0 aliphatic carbocycles. The number of nitrogens with one attached hydrogen (secondary N) is 2. The molecule has 0 saturated heterocycles. The summed E-state index contributed by atoms with van der Waals surface area (Å²) in [5.41, 5.74) is 5.06. The molecule has 114 valence electrons. The van der Waals surface area contributed by atoms with E-state index in [4.69, 9.17) is 0 Å². The van der Waals surface area contributed by atoms with Gasteiger partial charge in [0, 0.05) is 16.6 Å². The van der Waals surface area contributed by atoms with Crippen molar-refractivity contribution < 1.29 is 5.11 Å². The van der Waals surface area contributed by atoms with Crippen LogP contribution in [-0.4, -0.2) is 16.6 Å². The first kappa shape index (κ1) is 14.9. The van der Waals surface area contributed by atoms with Crippen LogP contribution in [0.1, 0.15) is 22.9 Å². The zero-order chi connectivity index (χ0) is 14.2. The number of rotatable bonds is 2. The molecule has 3 nitrogen and oxygen atoms in total. The number of hydrogen-bond donors (Lipinski definition) is 3. The van der Waals surface area contributed by atoms with E-state index < -0.39 is 0 Å². The first-order valence-electron chi connectivity index (χ1n) is 7.42. The molecule has 2 aromatic carbocycles. The van der Waals surface area contributed by atoms with Gasteiger partial charge in [0.05, 0.1) is 6.04 Å². The van der Waals surface area contributed by atoms with Gasteiger partial charge in [-0.1, -0.05) is 30.3 Å². The lowest BCUT2D eigenvalue weighted by Crippen LogP contribution is -2.31. The quantitative estimate of drug-likeness (QED) is 0.675. The summed E-state index contributed by atoms with van der Waals surface area (Å²) in [5.74, 6) is 0.336. The normalized spacial score (nSPS) is 17.0. The molecule has 2 heterocycles. The van der Waals surface area contributed by atoms with Crippen LogP contribution in [-0.2, 0) is 12.8 Å². The number of H-pyrrole nitrogens is 1. The molecule has 22 heavy (non-hydrogen) atoms. The van der Waals surface area contributed by atoms with Crippen molar-refractivity contribution in [3.8, 4) is 5.75 Å². The molecule has 3 aromatic rings. The van der Waals surface area contributed by atoms with Crippen LogP contribution in [0.3, 0.4) is 0 Å². The second kappa shape index (κ2) is 6.03. The third-order valence-corrected chi connectivity index (χ3v) is 4.32. The van der Waals surface area contributed by atoms with Gasteiger partial charge in [-0.3, -0.25) is 0 Å². The van der Waals surface area contributed by atoms with Gasteiger partial charge in [-0.15, -0.1) is 12.4 Å². The first-order chi connectivity index (χ1) is 10.3. The Morgan fingerprint density at radius 1 is 1.09 bits per heavy atom. The number of fused-ring (bicyclic) bond motifs is 3. The number of aromatic amines is 1. The lowest BCUT2D eigenvalue weighted by Gasteiger charge is -2.24. The maximum atomic E-state index is 9.72. The molecule has 1 aliphatic rings. The molecular weight excluding hydrogens is 296 g/mol. The van der Waals surface area contributed by atoms with Crippen molar-refractivity contribution in [1.82, 2.24) is 10.3 Å². The van der Waals surface area contributed by atoms with Crippen molar-refractivity contribution in [2.45, 2.75) is 18.9 Å². The van der Waals surface area contributed by atoms with Crippen molar-refractivity contribution in [2.24, 2.45) is 0 Å². The Balaban J connectivity index is 0.00000144. The Morgan fingerprint density at radius 3 is 2.73 bits per heavy atom. The molecular formula is C18H19ClN2O. The van der Waals surface area contributed by atoms with Gasteiger partial charge >= 0.3 is 0 Å². The molecule has 1 unspecified atom stereocenters. The van der Waals surface area contributed by atoms with Crippen LogP contribution in [0, 0.1) is 0 Å². The van der Waals surface area contributed by atoms with E-state index in [2.05, 4.69) is 40.6 Å². The maximum Gasteiger partial charge on any atom is 0.116 e. The summed E-state index contributed by atoms with van der Waals surface area (Å²) in [7, 11) is 0. The highest BCUT2D eigenvalue weighted by atomic mass is 35.5. The van der Waals surface area contributed by atoms with Gasteiger partial charge in [0.2, 0.25) is 0 Å². The Labute approximate surface area is 135 Å². The lowest BCUT2D eigenvalue weighted by atomic mass is 9.95. The Bertz CT molecular complexity index is 782. The van der Waals surface area contributed by atoms with Crippen molar-refractivity contribution >= 4 is 23.3 Å². The molecule has 0 bridgehead atoms. The Hall–Kier alpha value is -1.97. The van der Waals surface area contributed by atoms with Crippen LogP contribution in [0.4, 0.5) is 0 Å². The monoisotopic (exact) mass is 314 g/mol. The van der Waals surface area contributed by atoms with Gasteiger partial charge in [-0.05, 0) is 48.7 Å². The van der Waals surface area contributed by atoms with E-state index >= 15 is 0 Å². The Kier molecular flexibility index (Phi) is 4.10. The summed E-state index contributed by atoms with van der Waals surface area (Å²) in [5, 5.41) is 14.5. The Morgan fingerprint density at radius 2 is 1.91 bits per heavy atom. The average molecular weight is 315 g/mol. The fraction of sp³-hybridized carbons (Fsp3) is 0.222. The molecule has 1 aliphatic heterocycles. The second-order valence-corrected chi connectivity index (χ2v) is 5.69. The largest absolute Gasteiger partial charge is 0.508 e. The molecule has 1 aromatic heterocycles. The molecule has 0 radical (unpaired) electrons. The highest BCUT2D eigenvalue weighted by Crippen LogP contribution is 2.33. The van der Waals surface area contributed by atoms with E-state index in [0.29, 0.717) is 11.8 Å². The van der Waals surface area contributed by atoms with Gasteiger partial charge in [0.15, 0.2) is 0 Å². The molecule has 0 amide bonds. The van der Waals surface area contributed by atoms with Crippen molar-refractivity contribution in [3.05, 3.63) is 65.4 Å². The maximum absolute atomic E-state index is 9.72. The van der Waals surface area contributed by atoms with Crippen LogP contribution in [0.15, 0.2) is 48.5 Å². The van der Waals surface area contributed by atoms with Crippen LogP contribution < -0.4 is 5.32 Å². The smallest absolute Gasteiger partial charge is 0.116 e. The standard InChI is InChI=1S/C18H18N2O.ClH/c21-13-6-7-16-15(11-13)14-8-9-19-17(18(14)20-16)10-12-4-2-1-3-5-12;/h1-7,11,17,19-21H,8-10H2;1H. The summed E-state index contributed by atoms with van der Waals surface area (Å²) >= 11 is 0. The van der Waals surface area contributed by atoms with Crippen molar-refractivity contribution in [3.63, 3.8) is 0 Å². The minimum atomic E-state index is 0.